The summed E-state index contributed by atoms with van der Waals surface area (Å²) in [5.74, 6) is 0.638. The van der Waals surface area contributed by atoms with Crippen LogP contribution in [0.5, 0.6) is 11.5 Å². The Bertz CT molecular complexity index is 726. The van der Waals surface area contributed by atoms with E-state index in [9.17, 15) is 9.59 Å². The van der Waals surface area contributed by atoms with Crippen LogP contribution in [0.3, 0.4) is 0 Å². The van der Waals surface area contributed by atoms with Crippen molar-refractivity contribution in [3.05, 3.63) is 53.6 Å². The van der Waals surface area contributed by atoms with Gasteiger partial charge >= 0.3 is 0 Å². The molecule has 0 radical (unpaired) electrons. The Balaban J connectivity index is 2.13. The minimum atomic E-state index is -0.274. The van der Waals surface area contributed by atoms with Crippen molar-refractivity contribution in [3.8, 4) is 11.5 Å². The van der Waals surface area contributed by atoms with Crippen LogP contribution in [0.2, 0.25) is 0 Å². The zero-order valence-electron chi connectivity index (χ0n) is 13.9. The molecule has 0 heterocycles. The van der Waals surface area contributed by atoms with Gasteiger partial charge in [-0.15, -0.1) is 0 Å². The van der Waals surface area contributed by atoms with Crippen molar-refractivity contribution in [1.82, 2.24) is 5.32 Å². The van der Waals surface area contributed by atoms with E-state index in [4.69, 9.17) is 9.47 Å². The van der Waals surface area contributed by atoms with Gasteiger partial charge in [0.1, 0.15) is 0 Å². The van der Waals surface area contributed by atoms with Crippen molar-refractivity contribution in [1.29, 1.82) is 0 Å². The molecule has 0 aromatic heterocycles. The lowest BCUT2D eigenvalue weighted by atomic mass is 10.1. The highest BCUT2D eigenvalue weighted by molar-refractivity contribution is 6.05. The van der Waals surface area contributed by atoms with Crippen molar-refractivity contribution in [3.63, 3.8) is 0 Å². The van der Waals surface area contributed by atoms with E-state index in [-0.39, 0.29) is 11.8 Å². The quantitative estimate of drug-likeness (QED) is 0.855. The molecule has 6 heteroatoms. The van der Waals surface area contributed by atoms with Gasteiger partial charge in [-0.3, -0.25) is 9.59 Å². The summed E-state index contributed by atoms with van der Waals surface area (Å²) in [6.45, 7) is 2.39. The lowest BCUT2D eigenvalue weighted by Crippen LogP contribution is -2.17. The first kappa shape index (κ1) is 17.3. The molecule has 2 aromatic rings. The fourth-order valence-corrected chi connectivity index (χ4v) is 2.14. The first-order chi connectivity index (χ1) is 11.6. The predicted molar refractivity (Wildman–Crippen MR) is 91.9 cm³/mol. The normalized spacial score (nSPS) is 9.96. The third kappa shape index (κ3) is 4.04. The monoisotopic (exact) mass is 328 g/mol. The van der Waals surface area contributed by atoms with Gasteiger partial charge in [-0.25, -0.2) is 0 Å². The third-order valence-corrected chi connectivity index (χ3v) is 3.36. The Hall–Kier alpha value is -3.02. The molecule has 0 aliphatic heterocycles. The van der Waals surface area contributed by atoms with Gasteiger partial charge in [0.05, 0.1) is 13.7 Å². The predicted octanol–water partition coefficient (Wildman–Crippen LogP) is 2.71. The maximum Gasteiger partial charge on any atom is 0.255 e. The van der Waals surface area contributed by atoms with Gasteiger partial charge in [0, 0.05) is 23.9 Å². The van der Waals surface area contributed by atoms with E-state index in [1.165, 1.54) is 7.11 Å². The molecule has 126 valence electrons. The molecule has 0 atom stereocenters. The topological polar surface area (TPSA) is 76.7 Å². The van der Waals surface area contributed by atoms with Gasteiger partial charge in [-0.05, 0) is 49.4 Å². The van der Waals surface area contributed by atoms with Gasteiger partial charge in [0.2, 0.25) is 0 Å². The zero-order valence-corrected chi connectivity index (χ0v) is 13.9. The lowest BCUT2D eigenvalue weighted by Gasteiger charge is -2.11. The van der Waals surface area contributed by atoms with Gasteiger partial charge in [-0.1, -0.05) is 0 Å². The van der Waals surface area contributed by atoms with Crippen LogP contribution in [0.4, 0.5) is 5.69 Å². The molecule has 0 fully saturated rings. The SMILES string of the molecule is CCOc1ccc(C(=O)Nc2ccc(C(=O)NC)cc2)cc1OC. The highest BCUT2D eigenvalue weighted by Gasteiger charge is 2.11. The second-order valence-electron chi connectivity index (χ2n) is 4.91. The standard InChI is InChI=1S/C18H20N2O4/c1-4-24-15-10-7-13(11-16(15)23-3)18(22)20-14-8-5-12(6-9-14)17(21)19-2/h5-11H,4H2,1-3H3,(H,19,21)(H,20,22). The number of hydrogen-bond acceptors (Lipinski definition) is 4. The van der Waals surface area contributed by atoms with E-state index >= 15 is 0 Å². The first-order valence-corrected chi connectivity index (χ1v) is 7.53. The van der Waals surface area contributed by atoms with Crippen LogP contribution in [0.1, 0.15) is 27.6 Å². The summed E-state index contributed by atoms with van der Waals surface area (Å²) in [5.41, 5.74) is 1.57. The van der Waals surface area contributed by atoms with Gasteiger partial charge in [0.15, 0.2) is 11.5 Å². The molecule has 2 N–H and O–H groups in total. The molecule has 0 bridgehead atoms. The van der Waals surface area contributed by atoms with Crippen LogP contribution in [0.25, 0.3) is 0 Å². The largest absolute Gasteiger partial charge is 0.493 e. The molecule has 0 unspecified atom stereocenters. The van der Waals surface area contributed by atoms with E-state index in [0.717, 1.165) is 0 Å². The average Bonchev–Trinajstić information content (AvgIpc) is 2.62. The Morgan fingerprint density at radius 2 is 1.62 bits per heavy atom. The Kier molecular flexibility index (Phi) is 5.78. The maximum absolute atomic E-state index is 12.3. The third-order valence-electron chi connectivity index (χ3n) is 3.36. The highest BCUT2D eigenvalue weighted by Crippen LogP contribution is 2.28. The molecular weight excluding hydrogens is 308 g/mol. The molecule has 0 saturated heterocycles. The Labute approximate surface area is 140 Å². The number of carbonyl (C=O) groups excluding carboxylic acids is 2. The molecule has 0 aliphatic carbocycles. The molecule has 2 rings (SSSR count). The van der Waals surface area contributed by atoms with Crippen LogP contribution in [-0.2, 0) is 0 Å². The number of benzene rings is 2. The van der Waals surface area contributed by atoms with Crippen LogP contribution < -0.4 is 20.1 Å². The van der Waals surface area contributed by atoms with Gasteiger partial charge in [0.25, 0.3) is 11.8 Å². The van der Waals surface area contributed by atoms with Gasteiger partial charge < -0.3 is 20.1 Å². The lowest BCUT2D eigenvalue weighted by molar-refractivity contribution is 0.0962. The molecule has 0 saturated carbocycles. The summed E-state index contributed by atoms with van der Waals surface area (Å²) in [5, 5.41) is 5.32. The minimum absolute atomic E-state index is 0.177. The highest BCUT2D eigenvalue weighted by atomic mass is 16.5. The summed E-state index contributed by atoms with van der Waals surface area (Å²) < 4.78 is 10.7. The summed E-state index contributed by atoms with van der Waals surface area (Å²) in [7, 11) is 3.09. The fourth-order valence-electron chi connectivity index (χ4n) is 2.14. The molecule has 0 spiro atoms. The van der Waals surface area contributed by atoms with E-state index in [0.29, 0.717) is 34.9 Å². The molecule has 6 nitrogen and oxygen atoms in total. The number of amides is 2. The number of carbonyl (C=O) groups is 2. The number of rotatable bonds is 6. The van der Waals surface area contributed by atoms with Crippen molar-refractivity contribution >= 4 is 17.5 Å². The number of nitrogens with one attached hydrogen (secondary N) is 2. The van der Waals surface area contributed by atoms with E-state index in [2.05, 4.69) is 10.6 Å². The Morgan fingerprint density at radius 3 is 2.21 bits per heavy atom. The molecule has 24 heavy (non-hydrogen) atoms. The number of hydrogen-bond donors (Lipinski definition) is 2. The van der Waals surface area contributed by atoms with Crippen LogP contribution in [0.15, 0.2) is 42.5 Å². The van der Waals surface area contributed by atoms with Crippen LogP contribution in [0, 0.1) is 0 Å². The zero-order chi connectivity index (χ0) is 17.5. The number of ether oxygens (including phenoxy) is 2. The number of anilines is 1. The molecule has 0 aliphatic rings. The summed E-state index contributed by atoms with van der Waals surface area (Å²) in [6.07, 6.45) is 0. The van der Waals surface area contributed by atoms with Crippen molar-refractivity contribution in [2.45, 2.75) is 6.92 Å². The van der Waals surface area contributed by atoms with E-state index < -0.39 is 0 Å². The molecular formula is C18H20N2O4. The second kappa shape index (κ2) is 8.01. The first-order valence-electron chi connectivity index (χ1n) is 7.53. The summed E-state index contributed by atoms with van der Waals surface area (Å²) >= 11 is 0. The van der Waals surface area contributed by atoms with Crippen LogP contribution in [-0.4, -0.2) is 32.6 Å². The van der Waals surface area contributed by atoms with Crippen LogP contribution >= 0.6 is 0 Å². The maximum atomic E-state index is 12.3. The van der Waals surface area contributed by atoms with Crippen molar-refractivity contribution < 1.29 is 19.1 Å². The smallest absolute Gasteiger partial charge is 0.255 e. The fraction of sp³-hybridized carbons (Fsp3) is 0.222. The minimum Gasteiger partial charge on any atom is -0.493 e. The van der Waals surface area contributed by atoms with Gasteiger partial charge in [-0.2, -0.15) is 0 Å². The second-order valence-corrected chi connectivity index (χ2v) is 4.91. The number of methoxy groups -OCH3 is 1. The van der Waals surface area contributed by atoms with Crippen molar-refractivity contribution in [2.24, 2.45) is 0 Å². The van der Waals surface area contributed by atoms with E-state index in [1.807, 2.05) is 6.92 Å². The molecule has 2 aromatic carbocycles. The summed E-state index contributed by atoms with van der Waals surface area (Å²) in [6, 6.07) is 11.6. The molecule has 2 amide bonds. The Morgan fingerprint density at radius 1 is 0.958 bits per heavy atom. The van der Waals surface area contributed by atoms with E-state index in [1.54, 1.807) is 49.5 Å². The average molecular weight is 328 g/mol. The van der Waals surface area contributed by atoms with Crippen molar-refractivity contribution in [2.75, 3.05) is 26.1 Å². The summed E-state index contributed by atoms with van der Waals surface area (Å²) in [4.78, 5) is 23.8.